The minimum absolute atomic E-state index is 0.766. The van der Waals surface area contributed by atoms with Crippen molar-refractivity contribution < 1.29 is 0 Å². The molecular weight excluding hydrogens is 327 g/mol. The molecule has 0 aliphatic carbocycles. The van der Waals surface area contributed by atoms with E-state index in [2.05, 4.69) is 37.7 Å². The molecule has 0 saturated carbocycles. The van der Waals surface area contributed by atoms with Gasteiger partial charge in [0.05, 0.1) is 11.2 Å². The van der Waals surface area contributed by atoms with E-state index in [1.807, 2.05) is 41.9 Å². The number of rotatable bonds is 1. The predicted octanol–water partition coefficient (Wildman–Crippen LogP) is 2.73. The van der Waals surface area contributed by atoms with Crippen molar-refractivity contribution in [2.45, 2.75) is 6.92 Å². The van der Waals surface area contributed by atoms with Crippen LogP contribution in [0.4, 0.5) is 0 Å². The maximum atomic E-state index is 4.42. The van der Waals surface area contributed by atoms with Crippen molar-refractivity contribution in [2.75, 3.05) is 0 Å². The predicted molar refractivity (Wildman–Crippen MR) is 74.1 cm³/mol. The molecule has 0 saturated heterocycles. The molecule has 0 amide bonds. The van der Waals surface area contributed by atoms with E-state index < -0.39 is 0 Å². The van der Waals surface area contributed by atoms with Gasteiger partial charge in [-0.25, -0.2) is 9.67 Å². The Bertz CT molecular complexity index is 685. The van der Waals surface area contributed by atoms with Crippen LogP contribution in [-0.2, 0) is 0 Å². The highest BCUT2D eigenvalue weighted by Crippen LogP contribution is 2.20. The Kier molecular flexibility index (Phi) is 2.54. The first-order valence-electron chi connectivity index (χ1n) is 5.19. The number of hydrogen-bond acceptors (Lipinski definition) is 3. The van der Waals surface area contributed by atoms with Crippen LogP contribution in [0.1, 0.15) is 5.82 Å². The molecule has 2 heterocycles. The summed E-state index contributed by atoms with van der Waals surface area (Å²) in [6, 6.07) is 10.0. The smallest absolute Gasteiger partial charge is 0.194 e. The first-order valence-corrected chi connectivity index (χ1v) is 6.27. The molecule has 0 spiro atoms. The quantitative estimate of drug-likeness (QED) is 0.642. The summed E-state index contributed by atoms with van der Waals surface area (Å²) in [7, 11) is 0. The molecule has 0 unspecified atom stereocenters. The maximum absolute atomic E-state index is 4.42. The largest absolute Gasteiger partial charge is 0.254 e. The lowest BCUT2D eigenvalue weighted by Gasteiger charge is -2.05. The van der Waals surface area contributed by atoms with Crippen LogP contribution in [0.2, 0.25) is 0 Å². The number of aryl methyl sites for hydroxylation is 1. The molecule has 0 bridgehead atoms. The van der Waals surface area contributed by atoms with Gasteiger partial charge in [0.15, 0.2) is 3.83 Å². The average molecular weight is 336 g/mol. The number of benzene rings is 1. The minimum atomic E-state index is 0.766. The van der Waals surface area contributed by atoms with Gasteiger partial charge in [0.25, 0.3) is 0 Å². The van der Waals surface area contributed by atoms with Crippen LogP contribution in [-0.4, -0.2) is 19.7 Å². The van der Waals surface area contributed by atoms with E-state index in [-0.39, 0.29) is 0 Å². The van der Waals surface area contributed by atoms with Crippen molar-refractivity contribution in [3.8, 4) is 5.69 Å². The Labute approximate surface area is 112 Å². The molecular formula is C12H9IN4. The first-order chi connectivity index (χ1) is 8.25. The van der Waals surface area contributed by atoms with Gasteiger partial charge >= 0.3 is 0 Å². The summed E-state index contributed by atoms with van der Waals surface area (Å²) in [5.41, 5.74) is 1.91. The monoisotopic (exact) mass is 336 g/mol. The summed E-state index contributed by atoms with van der Waals surface area (Å²) in [6.07, 6.45) is 1.79. The van der Waals surface area contributed by atoms with Crippen molar-refractivity contribution in [3.05, 3.63) is 46.2 Å². The van der Waals surface area contributed by atoms with Gasteiger partial charge < -0.3 is 0 Å². The molecule has 3 rings (SSSR count). The zero-order valence-electron chi connectivity index (χ0n) is 9.13. The molecule has 4 nitrogen and oxygen atoms in total. The van der Waals surface area contributed by atoms with Crippen LogP contribution in [0.5, 0.6) is 0 Å². The second-order valence-corrected chi connectivity index (χ2v) is 4.66. The fraction of sp³-hybridized carbons (Fsp3) is 0.0833. The van der Waals surface area contributed by atoms with Gasteiger partial charge in [0.1, 0.15) is 5.82 Å². The second kappa shape index (κ2) is 4.06. The van der Waals surface area contributed by atoms with Crippen molar-refractivity contribution in [1.82, 2.24) is 19.7 Å². The second-order valence-electron chi connectivity index (χ2n) is 3.69. The van der Waals surface area contributed by atoms with E-state index in [9.17, 15) is 0 Å². The standard InChI is InChI=1S/C12H9IN4/c1-8-15-12(13)17(16-8)10-6-2-4-9-5-3-7-14-11(9)10/h2-7H,1H3. The van der Waals surface area contributed by atoms with E-state index in [0.717, 1.165) is 26.2 Å². The molecule has 84 valence electrons. The lowest BCUT2D eigenvalue weighted by molar-refractivity contribution is 0.846. The van der Waals surface area contributed by atoms with E-state index >= 15 is 0 Å². The first kappa shape index (κ1) is 10.6. The van der Waals surface area contributed by atoms with Crippen molar-refractivity contribution in [1.29, 1.82) is 0 Å². The molecule has 17 heavy (non-hydrogen) atoms. The molecule has 0 atom stereocenters. The number of aromatic nitrogens is 4. The molecule has 0 aliphatic heterocycles. The van der Waals surface area contributed by atoms with Gasteiger partial charge in [-0.15, -0.1) is 0 Å². The van der Waals surface area contributed by atoms with Crippen LogP contribution in [0.25, 0.3) is 16.6 Å². The fourth-order valence-electron chi connectivity index (χ4n) is 1.80. The molecule has 0 radical (unpaired) electrons. The number of fused-ring (bicyclic) bond motifs is 1. The van der Waals surface area contributed by atoms with Gasteiger partial charge in [-0.1, -0.05) is 18.2 Å². The third kappa shape index (κ3) is 1.80. The molecule has 0 fully saturated rings. The number of nitrogens with zero attached hydrogens (tertiary/aromatic N) is 4. The Morgan fingerprint density at radius 2 is 2.00 bits per heavy atom. The van der Waals surface area contributed by atoms with E-state index in [4.69, 9.17) is 0 Å². The Morgan fingerprint density at radius 1 is 1.18 bits per heavy atom. The van der Waals surface area contributed by atoms with Crippen LogP contribution >= 0.6 is 22.6 Å². The lowest BCUT2D eigenvalue weighted by atomic mass is 10.2. The maximum Gasteiger partial charge on any atom is 0.194 e. The highest BCUT2D eigenvalue weighted by atomic mass is 127. The summed E-state index contributed by atoms with van der Waals surface area (Å²) in [5, 5.41) is 5.49. The topological polar surface area (TPSA) is 43.6 Å². The zero-order valence-corrected chi connectivity index (χ0v) is 11.3. The molecule has 5 heteroatoms. The Hall–Kier alpha value is -1.50. The highest BCUT2D eigenvalue weighted by Gasteiger charge is 2.09. The van der Waals surface area contributed by atoms with Crippen LogP contribution in [0.3, 0.4) is 0 Å². The number of halogens is 1. The van der Waals surface area contributed by atoms with Crippen LogP contribution < -0.4 is 0 Å². The van der Waals surface area contributed by atoms with Crippen molar-refractivity contribution in [3.63, 3.8) is 0 Å². The molecule has 1 aromatic carbocycles. The molecule has 2 aromatic heterocycles. The average Bonchev–Trinajstić information content (AvgIpc) is 2.68. The van der Waals surface area contributed by atoms with Gasteiger partial charge in [-0.2, -0.15) is 5.10 Å². The molecule has 3 aromatic rings. The molecule has 0 N–H and O–H groups in total. The Balaban J connectivity index is 2.34. The van der Waals surface area contributed by atoms with Gasteiger partial charge in [0.2, 0.25) is 0 Å². The fourth-order valence-corrected chi connectivity index (χ4v) is 2.52. The van der Waals surface area contributed by atoms with Crippen LogP contribution in [0, 0.1) is 10.8 Å². The highest BCUT2D eigenvalue weighted by molar-refractivity contribution is 14.1. The zero-order chi connectivity index (χ0) is 11.8. The molecule has 0 aliphatic rings. The summed E-state index contributed by atoms with van der Waals surface area (Å²) in [6.45, 7) is 1.89. The van der Waals surface area contributed by atoms with Crippen LogP contribution in [0.15, 0.2) is 36.5 Å². The number of hydrogen-bond donors (Lipinski definition) is 0. The van der Waals surface area contributed by atoms with Crippen molar-refractivity contribution >= 4 is 33.5 Å². The Morgan fingerprint density at radius 3 is 2.76 bits per heavy atom. The van der Waals surface area contributed by atoms with Gasteiger partial charge in [-0.3, -0.25) is 4.98 Å². The van der Waals surface area contributed by atoms with Crippen molar-refractivity contribution in [2.24, 2.45) is 0 Å². The summed E-state index contributed by atoms with van der Waals surface area (Å²) in [4.78, 5) is 8.72. The summed E-state index contributed by atoms with van der Waals surface area (Å²) >= 11 is 2.18. The number of pyridine rings is 1. The van der Waals surface area contributed by atoms with E-state index in [1.165, 1.54) is 0 Å². The summed E-state index contributed by atoms with van der Waals surface area (Å²) in [5.74, 6) is 0.766. The van der Waals surface area contributed by atoms with E-state index in [1.54, 1.807) is 6.20 Å². The normalized spacial score (nSPS) is 10.9. The third-order valence-electron chi connectivity index (χ3n) is 2.51. The lowest BCUT2D eigenvalue weighted by Crippen LogP contribution is -2.01. The van der Waals surface area contributed by atoms with E-state index in [0.29, 0.717) is 0 Å². The van der Waals surface area contributed by atoms with Gasteiger partial charge in [-0.05, 0) is 19.1 Å². The minimum Gasteiger partial charge on any atom is -0.254 e. The third-order valence-corrected chi connectivity index (χ3v) is 3.21. The van der Waals surface area contributed by atoms with Gasteiger partial charge in [0, 0.05) is 34.2 Å². The summed E-state index contributed by atoms with van der Waals surface area (Å²) < 4.78 is 2.67. The SMILES string of the molecule is Cc1nc(I)n(-c2cccc3cccnc23)n1. The number of para-hydroxylation sites is 1.